The molecule has 0 unspecified atom stereocenters. The number of aromatic nitrogens is 3. The molecule has 1 amide bonds. The number of anilines is 1. The van der Waals surface area contributed by atoms with E-state index < -0.39 is 0 Å². The average Bonchev–Trinajstić information content (AvgIpc) is 3.18. The van der Waals surface area contributed by atoms with Crippen LogP contribution in [0.25, 0.3) is 11.0 Å². The molecule has 1 aromatic carbocycles. The second-order valence-electron chi connectivity index (χ2n) is 8.31. The lowest BCUT2D eigenvalue weighted by Gasteiger charge is -2.25. The smallest absolute Gasteiger partial charge is 0.255 e. The van der Waals surface area contributed by atoms with Gasteiger partial charge >= 0.3 is 0 Å². The summed E-state index contributed by atoms with van der Waals surface area (Å²) in [5.74, 6) is 0.135. The zero-order valence-electron chi connectivity index (χ0n) is 18.4. The van der Waals surface area contributed by atoms with E-state index in [4.69, 9.17) is 0 Å². The summed E-state index contributed by atoms with van der Waals surface area (Å²) in [6.45, 7) is 7.28. The molecule has 0 spiro atoms. The number of carbonyl (C=O) groups is 2. The molecule has 7 heteroatoms. The lowest BCUT2D eigenvalue weighted by molar-refractivity contribution is -0.120. The first-order chi connectivity index (χ1) is 15.0. The minimum atomic E-state index is -0.173. The van der Waals surface area contributed by atoms with Crippen LogP contribution < -0.4 is 10.6 Å². The van der Waals surface area contributed by atoms with E-state index in [-0.39, 0.29) is 11.9 Å². The number of nitrogens with one attached hydrogen (secondary N) is 2. The van der Waals surface area contributed by atoms with Crippen LogP contribution in [-0.2, 0) is 17.9 Å². The third-order valence-electron chi connectivity index (χ3n) is 6.04. The van der Waals surface area contributed by atoms with Gasteiger partial charge in [0.1, 0.15) is 5.78 Å². The number of benzene rings is 1. The van der Waals surface area contributed by atoms with Gasteiger partial charge in [0.25, 0.3) is 5.91 Å². The monoisotopic (exact) mass is 419 g/mol. The molecule has 1 aliphatic carbocycles. The maximum Gasteiger partial charge on any atom is 0.255 e. The number of hydrogen-bond acceptors (Lipinski definition) is 5. The van der Waals surface area contributed by atoms with Crippen molar-refractivity contribution in [3.05, 3.63) is 52.8 Å². The van der Waals surface area contributed by atoms with Crippen molar-refractivity contribution in [2.24, 2.45) is 0 Å². The van der Waals surface area contributed by atoms with Crippen LogP contribution >= 0.6 is 0 Å². The molecule has 31 heavy (non-hydrogen) atoms. The van der Waals surface area contributed by atoms with Crippen LogP contribution in [0.1, 0.15) is 59.7 Å². The Bertz CT molecular complexity index is 1120. The number of ketones is 1. The van der Waals surface area contributed by atoms with Crippen molar-refractivity contribution < 1.29 is 9.59 Å². The Morgan fingerprint density at radius 2 is 1.97 bits per heavy atom. The van der Waals surface area contributed by atoms with Crippen LogP contribution in [0, 0.1) is 13.8 Å². The number of aryl methyl sites for hydroxylation is 3. The van der Waals surface area contributed by atoms with Crippen molar-refractivity contribution >= 4 is 28.4 Å². The maximum atomic E-state index is 13.2. The number of pyridine rings is 1. The molecule has 0 saturated heterocycles. The Balaban J connectivity index is 1.62. The van der Waals surface area contributed by atoms with E-state index in [0.717, 1.165) is 40.7 Å². The molecule has 162 valence electrons. The fraction of sp³-hybridized carbons (Fsp3) is 0.417. The predicted octanol–water partition coefficient (Wildman–Crippen LogP) is 3.92. The highest BCUT2D eigenvalue weighted by Gasteiger charge is 2.23. The largest absolute Gasteiger partial charge is 0.381 e. The lowest BCUT2D eigenvalue weighted by atomic mass is 9.94. The summed E-state index contributed by atoms with van der Waals surface area (Å²) in [5, 5.41) is 11.8. The zero-order valence-corrected chi connectivity index (χ0v) is 18.4. The number of amides is 1. The van der Waals surface area contributed by atoms with E-state index in [9.17, 15) is 9.59 Å². The average molecular weight is 420 g/mol. The third kappa shape index (κ3) is 4.45. The Labute approximate surface area is 182 Å². The highest BCUT2D eigenvalue weighted by atomic mass is 16.1. The molecular weight excluding hydrogens is 390 g/mol. The van der Waals surface area contributed by atoms with Gasteiger partial charge in [-0.3, -0.25) is 9.59 Å². The van der Waals surface area contributed by atoms with Crippen molar-refractivity contribution in [1.29, 1.82) is 0 Å². The normalized spacial score (nSPS) is 14.7. The highest BCUT2D eigenvalue weighted by molar-refractivity contribution is 6.06. The van der Waals surface area contributed by atoms with Gasteiger partial charge in [-0.2, -0.15) is 5.10 Å². The molecule has 0 aliphatic heterocycles. The molecule has 0 bridgehead atoms. The fourth-order valence-corrected chi connectivity index (χ4v) is 4.19. The van der Waals surface area contributed by atoms with Gasteiger partial charge in [0, 0.05) is 38.2 Å². The van der Waals surface area contributed by atoms with E-state index in [1.807, 2.05) is 11.6 Å². The van der Waals surface area contributed by atoms with Gasteiger partial charge in [-0.05, 0) is 44.7 Å². The summed E-state index contributed by atoms with van der Waals surface area (Å²) in [5.41, 5.74) is 5.46. The van der Waals surface area contributed by atoms with E-state index in [0.29, 0.717) is 37.3 Å². The van der Waals surface area contributed by atoms with Gasteiger partial charge in [0.05, 0.1) is 22.8 Å². The zero-order chi connectivity index (χ0) is 22.0. The summed E-state index contributed by atoms with van der Waals surface area (Å²) in [6, 6.07) is 6.37. The van der Waals surface area contributed by atoms with Crippen molar-refractivity contribution in [2.75, 3.05) is 5.32 Å². The Hall–Kier alpha value is -3.22. The first kappa shape index (κ1) is 21.0. The first-order valence-corrected chi connectivity index (χ1v) is 10.9. The van der Waals surface area contributed by atoms with Gasteiger partial charge in [0.2, 0.25) is 0 Å². The van der Waals surface area contributed by atoms with Crippen molar-refractivity contribution in [1.82, 2.24) is 20.1 Å². The summed E-state index contributed by atoms with van der Waals surface area (Å²) in [6.07, 6.45) is 6.10. The SMILES string of the molecule is CCn1ncc2c(NC3CCC(=O)CC3)c(C(=O)NCc3ccc(C)cc3C)cnc21. The molecule has 1 aliphatic rings. The van der Waals surface area contributed by atoms with Crippen LogP contribution in [-0.4, -0.2) is 32.5 Å². The number of carbonyl (C=O) groups excluding carboxylic acids is 2. The number of nitrogens with zero attached hydrogens (tertiary/aromatic N) is 3. The van der Waals surface area contributed by atoms with Gasteiger partial charge in [-0.25, -0.2) is 9.67 Å². The number of rotatable bonds is 6. The second kappa shape index (κ2) is 8.88. The van der Waals surface area contributed by atoms with Gasteiger partial charge in [0.15, 0.2) is 5.65 Å². The summed E-state index contributed by atoms with van der Waals surface area (Å²) in [4.78, 5) is 29.3. The first-order valence-electron chi connectivity index (χ1n) is 10.9. The second-order valence-corrected chi connectivity index (χ2v) is 8.31. The van der Waals surface area contributed by atoms with Gasteiger partial charge in [-0.1, -0.05) is 23.8 Å². The van der Waals surface area contributed by atoms with Gasteiger partial charge in [-0.15, -0.1) is 0 Å². The Morgan fingerprint density at radius 1 is 1.19 bits per heavy atom. The maximum absolute atomic E-state index is 13.2. The minimum Gasteiger partial charge on any atom is -0.381 e. The molecule has 1 saturated carbocycles. The lowest BCUT2D eigenvalue weighted by Crippen LogP contribution is -2.29. The predicted molar refractivity (Wildman–Crippen MR) is 121 cm³/mol. The van der Waals surface area contributed by atoms with E-state index >= 15 is 0 Å². The molecule has 2 heterocycles. The van der Waals surface area contributed by atoms with Crippen molar-refractivity contribution in [3.8, 4) is 0 Å². The summed E-state index contributed by atoms with van der Waals surface area (Å²) >= 11 is 0. The molecule has 7 nitrogen and oxygen atoms in total. The Kier molecular flexibility index (Phi) is 6.02. The fourth-order valence-electron chi connectivity index (χ4n) is 4.19. The highest BCUT2D eigenvalue weighted by Crippen LogP contribution is 2.29. The molecule has 2 aromatic heterocycles. The van der Waals surface area contributed by atoms with Crippen LogP contribution in [0.5, 0.6) is 0 Å². The standard InChI is InChI=1S/C24H29N5O2/c1-4-29-23-20(14-27-29)22(28-18-7-9-19(30)10-8-18)21(13-25-23)24(31)26-12-17-6-5-15(2)11-16(17)3/h5-6,11,13-14,18H,4,7-10,12H2,1-3H3,(H,25,28)(H,26,31). The van der Waals surface area contributed by atoms with E-state index in [1.165, 1.54) is 5.56 Å². The van der Waals surface area contributed by atoms with Crippen LogP contribution in [0.4, 0.5) is 5.69 Å². The number of hydrogen-bond donors (Lipinski definition) is 2. The molecule has 0 atom stereocenters. The van der Waals surface area contributed by atoms with Crippen LogP contribution in [0.2, 0.25) is 0 Å². The van der Waals surface area contributed by atoms with Crippen molar-refractivity contribution in [2.45, 2.75) is 65.6 Å². The van der Waals surface area contributed by atoms with Crippen molar-refractivity contribution in [3.63, 3.8) is 0 Å². The minimum absolute atomic E-state index is 0.152. The molecule has 0 radical (unpaired) electrons. The van der Waals surface area contributed by atoms with Gasteiger partial charge < -0.3 is 10.6 Å². The van der Waals surface area contributed by atoms with Crippen LogP contribution in [0.15, 0.2) is 30.6 Å². The molecule has 2 N–H and O–H groups in total. The topological polar surface area (TPSA) is 88.9 Å². The molecule has 4 rings (SSSR count). The quantitative estimate of drug-likeness (QED) is 0.632. The van der Waals surface area contributed by atoms with E-state index in [2.05, 4.69) is 52.8 Å². The molecular formula is C24H29N5O2. The number of fused-ring (bicyclic) bond motifs is 1. The van der Waals surface area contributed by atoms with E-state index in [1.54, 1.807) is 12.4 Å². The van der Waals surface area contributed by atoms with Crippen LogP contribution in [0.3, 0.4) is 0 Å². The summed E-state index contributed by atoms with van der Waals surface area (Å²) in [7, 11) is 0. The third-order valence-corrected chi connectivity index (χ3v) is 6.04. The Morgan fingerprint density at radius 3 is 2.68 bits per heavy atom. The summed E-state index contributed by atoms with van der Waals surface area (Å²) < 4.78 is 1.82. The molecule has 1 fully saturated rings. The number of Topliss-reactive ketones (excluding diaryl/α,β-unsaturated/α-hetero) is 1. The molecule has 3 aromatic rings.